The van der Waals surface area contributed by atoms with E-state index in [9.17, 15) is 9.18 Å². The van der Waals surface area contributed by atoms with Crippen LogP contribution in [0.1, 0.15) is 10.9 Å². The maximum Gasteiger partial charge on any atom is 0.234 e. The molecule has 1 atom stereocenters. The molecule has 0 bridgehead atoms. The first-order valence-corrected chi connectivity index (χ1v) is 11.0. The summed E-state index contributed by atoms with van der Waals surface area (Å²) in [6.45, 7) is 0.603. The second-order valence-electron chi connectivity index (χ2n) is 6.31. The average Bonchev–Trinajstić information content (AvgIpc) is 3.42. The Hall–Kier alpha value is -2.52. The summed E-state index contributed by atoms with van der Waals surface area (Å²) in [4.78, 5) is 14.6. The van der Waals surface area contributed by atoms with Gasteiger partial charge in [-0.2, -0.15) is 0 Å². The number of nitrogens with zero attached hydrogens (tertiary/aromatic N) is 4. The fraction of sp³-hybridized carbons (Fsp3) is 0.250. The summed E-state index contributed by atoms with van der Waals surface area (Å²) in [6, 6.07) is 14.2. The van der Waals surface area contributed by atoms with Crippen LogP contribution >= 0.6 is 23.5 Å². The number of methoxy groups -OCH3 is 1. The van der Waals surface area contributed by atoms with Gasteiger partial charge in [-0.15, -0.1) is 22.0 Å². The number of hydrogen-bond acceptors (Lipinski definition) is 6. The molecule has 0 aliphatic carbocycles. The Morgan fingerprint density at radius 3 is 3.00 bits per heavy atom. The van der Waals surface area contributed by atoms with E-state index >= 15 is 0 Å². The van der Waals surface area contributed by atoms with Crippen LogP contribution in [-0.2, 0) is 4.79 Å². The minimum Gasteiger partial charge on any atom is -0.497 e. The van der Waals surface area contributed by atoms with Gasteiger partial charge in [-0.1, -0.05) is 36.0 Å². The normalized spacial score (nSPS) is 16.2. The van der Waals surface area contributed by atoms with Crippen LogP contribution in [0.5, 0.6) is 5.75 Å². The first kappa shape index (κ1) is 19.8. The SMILES string of the molecule is COc1cccc(-n2cnnc2SCC(=O)N2CCS[C@@H]2c2ccccc2F)c1. The van der Waals surface area contributed by atoms with E-state index in [4.69, 9.17) is 4.74 Å². The Balaban J connectivity index is 1.47. The molecule has 9 heteroatoms. The molecule has 3 aromatic rings. The van der Waals surface area contributed by atoms with E-state index < -0.39 is 0 Å². The lowest BCUT2D eigenvalue weighted by Crippen LogP contribution is -2.32. The van der Waals surface area contributed by atoms with E-state index in [1.54, 1.807) is 48.3 Å². The van der Waals surface area contributed by atoms with Gasteiger partial charge in [0.25, 0.3) is 0 Å². The predicted molar refractivity (Wildman–Crippen MR) is 112 cm³/mol. The first-order chi connectivity index (χ1) is 14.2. The van der Waals surface area contributed by atoms with Crippen LogP contribution in [0, 0.1) is 5.82 Å². The molecule has 0 spiro atoms. The third-order valence-corrected chi connectivity index (χ3v) is 6.73. The molecule has 1 aliphatic heterocycles. The number of carbonyl (C=O) groups is 1. The van der Waals surface area contributed by atoms with E-state index in [2.05, 4.69) is 10.2 Å². The molecular formula is C20H19FN4O2S2. The standard InChI is InChI=1S/C20H19FN4O2S2/c1-27-15-6-4-5-14(11-15)25-13-22-23-20(25)29-12-18(26)24-9-10-28-19(24)16-7-2-3-8-17(16)21/h2-8,11,13,19H,9-10,12H2,1H3/t19-/m1/s1. The van der Waals surface area contributed by atoms with Gasteiger partial charge in [0.2, 0.25) is 5.91 Å². The molecule has 1 fully saturated rings. The van der Waals surface area contributed by atoms with Gasteiger partial charge < -0.3 is 9.64 Å². The molecule has 0 N–H and O–H groups in total. The molecule has 29 heavy (non-hydrogen) atoms. The quantitative estimate of drug-likeness (QED) is 0.555. The number of ether oxygens (including phenoxy) is 1. The number of carbonyl (C=O) groups excluding carboxylic acids is 1. The maximum absolute atomic E-state index is 14.2. The molecule has 6 nitrogen and oxygen atoms in total. The van der Waals surface area contributed by atoms with Gasteiger partial charge in [0.05, 0.1) is 18.6 Å². The van der Waals surface area contributed by atoms with E-state index in [1.807, 2.05) is 28.8 Å². The van der Waals surface area contributed by atoms with E-state index in [0.717, 1.165) is 17.2 Å². The number of halogens is 1. The van der Waals surface area contributed by atoms with Gasteiger partial charge >= 0.3 is 0 Å². The molecule has 0 saturated carbocycles. The van der Waals surface area contributed by atoms with E-state index in [1.165, 1.54) is 17.8 Å². The molecule has 1 aliphatic rings. The minimum absolute atomic E-state index is 0.0477. The summed E-state index contributed by atoms with van der Waals surface area (Å²) >= 11 is 2.89. The first-order valence-electron chi connectivity index (χ1n) is 9.00. The van der Waals surface area contributed by atoms with Crippen LogP contribution in [0.25, 0.3) is 5.69 Å². The highest BCUT2D eigenvalue weighted by Gasteiger charge is 2.32. The van der Waals surface area contributed by atoms with Crippen molar-refractivity contribution in [2.45, 2.75) is 10.5 Å². The van der Waals surface area contributed by atoms with E-state index in [0.29, 0.717) is 17.3 Å². The Morgan fingerprint density at radius 2 is 2.17 bits per heavy atom. The average molecular weight is 431 g/mol. The number of benzene rings is 2. The van der Waals surface area contributed by atoms with Gasteiger partial charge in [0.1, 0.15) is 23.3 Å². The second kappa shape index (κ2) is 8.87. The fourth-order valence-electron chi connectivity index (χ4n) is 3.13. The van der Waals surface area contributed by atoms with Crippen molar-refractivity contribution >= 4 is 29.4 Å². The Bertz CT molecular complexity index is 1010. The molecule has 2 heterocycles. The lowest BCUT2D eigenvalue weighted by atomic mass is 10.2. The topological polar surface area (TPSA) is 60.2 Å². The fourth-order valence-corrected chi connectivity index (χ4v) is 5.24. The predicted octanol–water partition coefficient (Wildman–Crippen LogP) is 3.78. The van der Waals surface area contributed by atoms with Crippen molar-refractivity contribution in [2.24, 2.45) is 0 Å². The maximum atomic E-state index is 14.2. The smallest absolute Gasteiger partial charge is 0.234 e. The van der Waals surface area contributed by atoms with Crippen molar-refractivity contribution in [1.29, 1.82) is 0 Å². The van der Waals surface area contributed by atoms with Crippen LogP contribution in [0.2, 0.25) is 0 Å². The van der Waals surface area contributed by atoms with Crippen LogP contribution < -0.4 is 4.74 Å². The molecule has 2 aromatic carbocycles. The van der Waals surface area contributed by atoms with Gasteiger partial charge in [-0.3, -0.25) is 9.36 Å². The zero-order chi connectivity index (χ0) is 20.2. The molecular weight excluding hydrogens is 411 g/mol. The van der Waals surface area contributed by atoms with Crippen LogP contribution in [0.15, 0.2) is 60.0 Å². The lowest BCUT2D eigenvalue weighted by molar-refractivity contribution is -0.128. The molecule has 0 unspecified atom stereocenters. The highest BCUT2D eigenvalue weighted by atomic mass is 32.2. The molecule has 1 amide bonds. The van der Waals surface area contributed by atoms with Crippen molar-refractivity contribution in [3.05, 3.63) is 66.2 Å². The third kappa shape index (κ3) is 4.25. The highest BCUT2D eigenvalue weighted by molar-refractivity contribution is 8.00. The summed E-state index contributed by atoms with van der Waals surface area (Å²) < 4.78 is 21.3. The van der Waals surface area contributed by atoms with Gasteiger partial charge in [0, 0.05) is 23.9 Å². The van der Waals surface area contributed by atoms with E-state index in [-0.39, 0.29) is 22.9 Å². The molecule has 4 rings (SSSR count). The molecule has 1 aromatic heterocycles. The molecule has 1 saturated heterocycles. The summed E-state index contributed by atoms with van der Waals surface area (Å²) in [6.07, 6.45) is 1.61. The highest BCUT2D eigenvalue weighted by Crippen LogP contribution is 2.39. The van der Waals surface area contributed by atoms with Gasteiger partial charge in [-0.05, 0) is 18.2 Å². The van der Waals surface area contributed by atoms with Crippen LogP contribution in [0.4, 0.5) is 4.39 Å². The van der Waals surface area contributed by atoms with Crippen LogP contribution in [0.3, 0.4) is 0 Å². The zero-order valence-corrected chi connectivity index (χ0v) is 17.3. The summed E-state index contributed by atoms with van der Waals surface area (Å²) in [5, 5.41) is 8.43. The Morgan fingerprint density at radius 1 is 1.31 bits per heavy atom. The number of amides is 1. The van der Waals surface area contributed by atoms with Crippen molar-refractivity contribution in [3.8, 4) is 11.4 Å². The lowest BCUT2D eigenvalue weighted by Gasteiger charge is -2.24. The van der Waals surface area contributed by atoms with Gasteiger partial charge in [-0.25, -0.2) is 4.39 Å². The summed E-state index contributed by atoms with van der Waals surface area (Å²) in [5.41, 5.74) is 1.40. The second-order valence-corrected chi connectivity index (χ2v) is 8.44. The third-order valence-electron chi connectivity index (χ3n) is 4.56. The number of rotatable bonds is 6. The van der Waals surface area contributed by atoms with Crippen molar-refractivity contribution in [1.82, 2.24) is 19.7 Å². The summed E-state index contributed by atoms with van der Waals surface area (Å²) in [5.74, 6) is 1.39. The Kier molecular flexibility index (Phi) is 6.05. The monoisotopic (exact) mass is 430 g/mol. The van der Waals surface area contributed by atoms with Crippen molar-refractivity contribution in [2.75, 3.05) is 25.2 Å². The number of thioether (sulfide) groups is 2. The Labute approximate surface area is 176 Å². The van der Waals surface area contributed by atoms with Crippen LogP contribution in [-0.4, -0.2) is 50.7 Å². The largest absolute Gasteiger partial charge is 0.497 e. The number of aromatic nitrogens is 3. The van der Waals surface area contributed by atoms with Gasteiger partial charge in [0.15, 0.2) is 5.16 Å². The summed E-state index contributed by atoms with van der Waals surface area (Å²) in [7, 11) is 1.61. The molecule has 0 radical (unpaired) electrons. The zero-order valence-electron chi connectivity index (χ0n) is 15.7. The molecule has 150 valence electrons. The van der Waals surface area contributed by atoms with Crippen molar-refractivity contribution < 1.29 is 13.9 Å². The number of hydrogen-bond donors (Lipinski definition) is 0. The van der Waals surface area contributed by atoms with Crippen molar-refractivity contribution in [3.63, 3.8) is 0 Å². The minimum atomic E-state index is -0.291.